The highest BCUT2D eigenvalue weighted by atomic mass is 16.4. The second kappa shape index (κ2) is 8.39. The molecule has 146 valence electrons. The van der Waals surface area contributed by atoms with E-state index in [0.29, 0.717) is 12.5 Å². The summed E-state index contributed by atoms with van der Waals surface area (Å²) in [6.07, 6.45) is 9.28. The third kappa shape index (κ3) is 4.31. The van der Waals surface area contributed by atoms with Crippen molar-refractivity contribution < 1.29 is 9.90 Å². The summed E-state index contributed by atoms with van der Waals surface area (Å²) in [6.45, 7) is 3.08. The van der Waals surface area contributed by atoms with Gasteiger partial charge in [0.05, 0.1) is 12.7 Å². The summed E-state index contributed by atoms with van der Waals surface area (Å²) < 4.78 is 3.77. The average molecular weight is 379 g/mol. The van der Waals surface area contributed by atoms with Crippen LogP contribution >= 0.6 is 0 Å². The lowest BCUT2D eigenvalue weighted by Gasteiger charge is -2.35. The summed E-state index contributed by atoms with van der Waals surface area (Å²) in [7, 11) is 0. The Hall–Kier alpha value is -2.93. The van der Waals surface area contributed by atoms with Crippen LogP contribution in [-0.2, 0) is 17.9 Å². The van der Waals surface area contributed by atoms with Crippen LogP contribution in [0.3, 0.4) is 0 Å². The molecule has 0 radical (unpaired) electrons. The fourth-order valence-electron chi connectivity index (χ4n) is 3.95. The Morgan fingerprint density at radius 3 is 2.57 bits per heavy atom. The van der Waals surface area contributed by atoms with E-state index >= 15 is 0 Å². The maximum absolute atomic E-state index is 12.0. The zero-order chi connectivity index (χ0) is 19.3. The fraction of sp³-hybridized carbons (Fsp3) is 0.381. The van der Waals surface area contributed by atoms with Gasteiger partial charge in [-0.3, -0.25) is 19.1 Å². The predicted octanol–water partition coefficient (Wildman–Crippen LogP) is 2.67. The number of nitrogens with zero attached hydrogens (tertiary/aromatic N) is 5. The lowest BCUT2D eigenvalue weighted by molar-refractivity contribution is -0.144. The summed E-state index contributed by atoms with van der Waals surface area (Å²) >= 11 is 0. The van der Waals surface area contributed by atoms with Crippen molar-refractivity contribution in [2.45, 2.75) is 32.0 Å². The molecule has 1 atom stereocenters. The summed E-state index contributed by atoms with van der Waals surface area (Å²) in [5.74, 6) is -0.281. The molecule has 0 unspecified atom stereocenters. The lowest BCUT2D eigenvalue weighted by Crippen LogP contribution is -2.40. The monoisotopic (exact) mass is 379 g/mol. The number of aliphatic carboxylic acids is 1. The third-order valence-corrected chi connectivity index (χ3v) is 5.41. The third-order valence-electron chi connectivity index (χ3n) is 5.41. The molecule has 1 fully saturated rings. The van der Waals surface area contributed by atoms with E-state index in [-0.39, 0.29) is 0 Å². The number of piperidine rings is 1. The summed E-state index contributed by atoms with van der Waals surface area (Å²) in [5.41, 5.74) is 1.89. The second-order valence-corrected chi connectivity index (χ2v) is 7.41. The van der Waals surface area contributed by atoms with Crippen molar-refractivity contribution in [1.29, 1.82) is 0 Å². The van der Waals surface area contributed by atoms with E-state index in [4.69, 9.17) is 0 Å². The summed E-state index contributed by atoms with van der Waals surface area (Å²) in [5, 5.41) is 18.5. The standard InChI is InChI=1S/C21H25N5O2/c27-21(28)20(19-13-23-26(16-19)15-17-5-2-1-3-6-17)24-11-7-18(8-12-24)14-25-10-4-9-22-25/h1-6,9-10,13,16,18,20H,7-8,11-12,14-15H2,(H,27,28)/t20-/m1/s1. The molecule has 0 spiro atoms. The highest BCUT2D eigenvalue weighted by Crippen LogP contribution is 2.28. The number of carboxylic acids is 1. The number of hydrogen-bond acceptors (Lipinski definition) is 4. The first-order chi connectivity index (χ1) is 13.7. The molecule has 1 aromatic carbocycles. The molecule has 1 saturated heterocycles. The van der Waals surface area contributed by atoms with E-state index in [9.17, 15) is 9.90 Å². The van der Waals surface area contributed by atoms with Gasteiger partial charge in [-0.05, 0) is 43.5 Å². The first-order valence-corrected chi connectivity index (χ1v) is 9.69. The molecule has 1 N–H and O–H groups in total. The van der Waals surface area contributed by atoms with Crippen LogP contribution in [0.5, 0.6) is 0 Å². The van der Waals surface area contributed by atoms with E-state index in [2.05, 4.69) is 15.1 Å². The second-order valence-electron chi connectivity index (χ2n) is 7.41. The van der Waals surface area contributed by atoms with Gasteiger partial charge < -0.3 is 5.11 Å². The van der Waals surface area contributed by atoms with E-state index in [1.807, 2.05) is 58.2 Å². The first kappa shape index (κ1) is 18.4. The predicted molar refractivity (Wildman–Crippen MR) is 105 cm³/mol. The van der Waals surface area contributed by atoms with Gasteiger partial charge in [-0.15, -0.1) is 0 Å². The average Bonchev–Trinajstić information content (AvgIpc) is 3.36. The van der Waals surface area contributed by atoms with Crippen molar-refractivity contribution in [2.24, 2.45) is 5.92 Å². The number of likely N-dealkylation sites (tertiary alicyclic amines) is 1. The van der Waals surface area contributed by atoms with E-state index in [1.165, 1.54) is 0 Å². The van der Waals surface area contributed by atoms with Crippen LogP contribution < -0.4 is 0 Å². The van der Waals surface area contributed by atoms with E-state index < -0.39 is 12.0 Å². The molecular weight excluding hydrogens is 354 g/mol. The van der Waals surface area contributed by atoms with Crippen LogP contribution in [0.4, 0.5) is 0 Å². The van der Waals surface area contributed by atoms with Gasteiger partial charge >= 0.3 is 5.97 Å². The molecule has 2 aromatic heterocycles. The molecule has 4 rings (SSSR count). The van der Waals surface area contributed by atoms with Gasteiger partial charge in [0, 0.05) is 30.7 Å². The number of benzene rings is 1. The summed E-state index contributed by atoms with van der Waals surface area (Å²) in [6, 6.07) is 11.3. The molecular formula is C21H25N5O2. The normalized spacial score (nSPS) is 16.9. The Morgan fingerprint density at radius 2 is 1.89 bits per heavy atom. The maximum Gasteiger partial charge on any atom is 0.325 e. The zero-order valence-electron chi connectivity index (χ0n) is 15.8. The van der Waals surface area contributed by atoms with Crippen molar-refractivity contribution in [1.82, 2.24) is 24.5 Å². The number of carbonyl (C=O) groups is 1. The van der Waals surface area contributed by atoms with Crippen LogP contribution in [-0.4, -0.2) is 48.6 Å². The Morgan fingerprint density at radius 1 is 1.11 bits per heavy atom. The number of hydrogen-bond donors (Lipinski definition) is 1. The van der Waals surface area contributed by atoms with Crippen LogP contribution in [0.15, 0.2) is 61.2 Å². The highest BCUT2D eigenvalue weighted by Gasteiger charge is 2.32. The number of aromatic nitrogens is 4. The Labute approximate surface area is 164 Å². The van der Waals surface area contributed by atoms with Gasteiger partial charge in [-0.25, -0.2) is 0 Å². The van der Waals surface area contributed by atoms with Crippen molar-refractivity contribution in [2.75, 3.05) is 13.1 Å². The molecule has 0 bridgehead atoms. The molecule has 7 heteroatoms. The quantitative estimate of drug-likeness (QED) is 0.683. The SMILES string of the molecule is O=C(O)[C@@H](c1cnn(Cc2ccccc2)c1)N1CCC(Cn2cccn2)CC1. The Bertz CT molecular complexity index is 883. The smallest absolute Gasteiger partial charge is 0.325 e. The lowest BCUT2D eigenvalue weighted by atomic mass is 9.94. The zero-order valence-corrected chi connectivity index (χ0v) is 15.8. The van der Waals surface area contributed by atoms with Crippen LogP contribution in [0.1, 0.15) is 30.0 Å². The van der Waals surface area contributed by atoms with Crippen molar-refractivity contribution in [3.05, 3.63) is 72.3 Å². The minimum absolute atomic E-state index is 0.534. The van der Waals surface area contributed by atoms with E-state index in [0.717, 1.165) is 43.6 Å². The number of carboxylic acid groups (broad SMARTS) is 1. The highest BCUT2D eigenvalue weighted by molar-refractivity contribution is 5.75. The van der Waals surface area contributed by atoms with Gasteiger partial charge in [0.1, 0.15) is 6.04 Å². The van der Waals surface area contributed by atoms with Crippen molar-refractivity contribution >= 4 is 5.97 Å². The van der Waals surface area contributed by atoms with Gasteiger partial charge in [-0.2, -0.15) is 10.2 Å². The molecule has 1 aliphatic rings. The molecule has 0 saturated carbocycles. The largest absolute Gasteiger partial charge is 0.480 e. The van der Waals surface area contributed by atoms with Gasteiger partial charge in [0.15, 0.2) is 0 Å². The number of rotatable bonds is 7. The van der Waals surface area contributed by atoms with E-state index in [1.54, 1.807) is 12.4 Å². The molecule has 0 aliphatic carbocycles. The van der Waals surface area contributed by atoms with Gasteiger partial charge in [0.2, 0.25) is 0 Å². The van der Waals surface area contributed by atoms with Crippen LogP contribution in [0.25, 0.3) is 0 Å². The van der Waals surface area contributed by atoms with Crippen molar-refractivity contribution in [3.63, 3.8) is 0 Å². The maximum atomic E-state index is 12.0. The fourth-order valence-corrected chi connectivity index (χ4v) is 3.95. The Balaban J connectivity index is 1.40. The van der Waals surface area contributed by atoms with Gasteiger partial charge in [0.25, 0.3) is 0 Å². The minimum Gasteiger partial charge on any atom is -0.480 e. The van der Waals surface area contributed by atoms with Crippen LogP contribution in [0.2, 0.25) is 0 Å². The molecule has 3 heterocycles. The first-order valence-electron chi connectivity index (χ1n) is 9.69. The van der Waals surface area contributed by atoms with Crippen molar-refractivity contribution in [3.8, 4) is 0 Å². The molecule has 28 heavy (non-hydrogen) atoms. The van der Waals surface area contributed by atoms with Gasteiger partial charge in [-0.1, -0.05) is 30.3 Å². The molecule has 0 amide bonds. The molecule has 1 aliphatic heterocycles. The minimum atomic E-state index is -0.815. The molecule has 7 nitrogen and oxygen atoms in total. The molecule has 3 aromatic rings. The van der Waals surface area contributed by atoms with Crippen LogP contribution in [0, 0.1) is 5.92 Å². The Kier molecular flexibility index (Phi) is 5.53. The topological polar surface area (TPSA) is 76.2 Å². The summed E-state index contributed by atoms with van der Waals surface area (Å²) in [4.78, 5) is 14.1.